The lowest BCUT2D eigenvalue weighted by Crippen LogP contribution is -2.11. The summed E-state index contributed by atoms with van der Waals surface area (Å²) in [6, 6.07) is 0. The molecule has 0 aliphatic rings. The summed E-state index contributed by atoms with van der Waals surface area (Å²) < 4.78 is 43.0. The minimum absolute atomic E-state index is 0.0379. The smallest absolute Gasteiger partial charge is 0.342 e. The number of nitrogens with zero attached hydrogens (tertiary/aromatic N) is 1. The zero-order valence-electron chi connectivity index (χ0n) is 8.76. The van der Waals surface area contributed by atoms with Crippen LogP contribution in [-0.2, 0) is 4.74 Å². The quantitative estimate of drug-likeness (QED) is 0.753. The number of carbonyl (C=O) groups excluding carboxylic acids is 1. The summed E-state index contributed by atoms with van der Waals surface area (Å²) in [4.78, 5) is 14.7. The van der Waals surface area contributed by atoms with Gasteiger partial charge in [0.2, 0.25) is 0 Å². The Labute approximate surface area is 90.2 Å². The number of rotatable bonds is 3. The normalized spacial score (nSPS) is 10.6. The maximum Gasteiger partial charge on any atom is 0.342 e. The monoisotopic (exact) mass is 233 g/mol. The third-order valence-electron chi connectivity index (χ3n) is 1.96. The Kier molecular flexibility index (Phi) is 3.87. The number of alkyl halides is 2. The van der Waals surface area contributed by atoms with Gasteiger partial charge in [-0.3, -0.25) is 4.98 Å². The molecular formula is C10H10F3NO2. The molecule has 0 radical (unpaired) electrons. The van der Waals surface area contributed by atoms with Crippen molar-refractivity contribution in [1.29, 1.82) is 0 Å². The lowest BCUT2D eigenvalue weighted by atomic mass is 10.1. The molecule has 1 heterocycles. The van der Waals surface area contributed by atoms with E-state index in [1.165, 1.54) is 13.8 Å². The van der Waals surface area contributed by atoms with Gasteiger partial charge in [-0.25, -0.2) is 18.0 Å². The van der Waals surface area contributed by atoms with Gasteiger partial charge in [0, 0.05) is 11.9 Å². The molecule has 0 spiro atoms. The van der Waals surface area contributed by atoms with E-state index in [0.717, 1.165) is 6.20 Å². The highest BCUT2D eigenvalue weighted by atomic mass is 19.3. The Hall–Kier alpha value is -1.59. The van der Waals surface area contributed by atoms with Crippen molar-refractivity contribution in [2.24, 2.45) is 0 Å². The third-order valence-corrected chi connectivity index (χ3v) is 1.96. The van der Waals surface area contributed by atoms with Gasteiger partial charge in [-0.15, -0.1) is 0 Å². The van der Waals surface area contributed by atoms with Crippen molar-refractivity contribution >= 4 is 5.97 Å². The van der Waals surface area contributed by atoms with Gasteiger partial charge in [-0.05, 0) is 13.8 Å². The molecule has 0 unspecified atom stereocenters. The van der Waals surface area contributed by atoms with Gasteiger partial charge in [0.05, 0.1) is 12.2 Å². The van der Waals surface area contributed by atoms with Gasteiger partial charge < -0.3 is 4.74 Å². The number of esters is 1. The number of aryl methyl sites for hydroxylation is 1. The topological polar surface area (TPSA) is 39.2 Å². The highest BCUT2D eigenvalue weighted by Gasteiger charge is 2.24. The predicted molar refractivity (Wildman–Crippen MR) is 49.8 cm³/mol. The first kappa shape index (κ1) is 12.5. The van der Waals surface area contributed by atoms with E-state index >= 15 is 0 Å². The third kappa shape index (κ3) is 2.32. The van der Waals surface area contributed by atoms with Gasteiger partial charge in [0.1, 0.15) is 11.4 Å². The van der Waals surface area contributed by atoms with Crippen LogP contribution in [-0.4, -0.2) is 17.6 Å². The lowest BCUT2D eigenvalue weighted by Gasteiger charge is -2.09. The summed E-state index contributed by atoms with van der Waals surface area (Å²) in [6.07, 6.45) is -2.11. The van der Waals surface area contributed by atoms with E-state index in [4.69, 9.17) is 0 Å². The van der Waals surface area contributed by atoms with Crippen molar-refractivity contribution in [3.8, 4) is 0 Å². The Balaban J connectivity index is 3.23. The molecule has 16 heavy (non-hydrogen) atoms. The van der Waals surface area contributed by atoms with Crippen LogP contribution in [0, 0.1) is 12.7 Å². The van der Waals surface area contributed by atoms with Crippen LogP contribution in [0.1, 0.15) is 35.0 Å². The van der Waals surface area contributed by atoms with Crippen LogP contribution in [0.2, 0.25) is 0 Å². The van der Waals surface area contributed by atoms with E-state index in [1.54, 1.807) is 0 Å². The Morgan fingerprint density at radius 2 is 2.19 bits per heavy atom. The van der Waals surface area contributed by atoms with Crippen LogP contribution in [0.5, 0.6) is 0 Å². The number of aromatic nitrogens is 1. The zero-order chi connectivity index (χ0) is 12.3. The summed E-state index contributed by atoms with van der Waals surface area (Å²) >= 11 is 0. The number of hydrogen-bond acceptors (Lipinski definition) is 3. The van der Waals surface area contributed by atoms with Crippen molar-refractivity contribution in [3.05, 3.63) is 28.8 Å². The minimum atomic E-state index is -3.01. The Morgan fingerprint density at radius 3 is 2.69 bits per heavy atom. The maximum absolute atomic E-state index is 13.5. The number of hydrogen-bond donors (Lipinski definition) is 0. The molecular weight excluding hydrogens is 223 g/mol. The first-order valence-corrected chi connectivity index (χ1v) is 4.59. The zero-order valence-corrected chi connectivity index (χ0v) is 8.76. The molecule has 0 amide bonds. The standard InChI is InChI=1S/C10H10F3NO2/c1-3-16-10(15)6-4-14-5(2)7(8(6)11)9(12)13/h4,9H,3H2,1-2H3. The maximum atomic E-state index is 13.5. The molecule has 1 aromatic rings. The molecule has 1 rings (SSSR count). The fourth-order valence-corrected chi connectivity index (χ4v) is 1.20. The average molecular weight is 233 g/mol. The molecule has 6 heteroatoms. The van der Waals surface area contributed by atoms with Crippen LogP contribution in [0.25, 0.3) is 0 Å². The minimum Gasteiger partial charge on any atom is -0.462 e. The van der Waals surface area contributed by atoms with Crippen LogP contribution in [0.3, 0.4) is 0 Å². The first-order valence-electron chi connectivity index (χ1n) is 4.59. The lowest BCUT2D eigenvalue weighted by molar-refractivity contribution is 0.0519. The van der Waals surface area contributed by atoms with E-state index in [2.05, 4.69) is 9.72 Å². The molecule has 1 aromatic heterocycles. The van der Waals surface area contributed by atoms with Crippen molar-refractivity contribution in [1.82, 2.24) is 4.98 Å². The molecule has 3 nitrogen and oxygen atoms in total. The van der Waals surface area contributed by atoms with E-state index in [-0.39, 0.29) is 12.3 Å². The van der Waals surface area contributed by atoms with E-state index < -0.39 is 29.3 Å². The highest BCUT2D eigenvalue weighted by molar-refractivity contribution is 5.89. The molecule has 0 atom stereocenters. The molecule has 0 N–H and O–H groups in total. The number of halogens is 3. The van der Waals surface area contributed by atoms with Crippen LogP contribution >= 0.6 is 0 Å². The molecule has 0 saturated heterocycles. The van der Waals surface area contributed by atoms with E-state index in [1.807, 2.05) is 0 Å². The highest BCUT2D eigenvalue weighted by Crippen LogP contribution is 2.26. The second kappa shape index (κ2) is 4.96. The van der Waals surface area contributed by atoms with Crippen LogP contribution in [0.4, 0.5) is 13.2 Å². The number of ether oxygens (including phenoxy) is 1. The molecule has 0 aromatic carbocycles. The molecule has 88 valence electrons. The van der Waals surface area contributed by atoms with Gasteiger partial charge in [-0.2, -0.15) is 0 Å². The van der Waals surface area contributed by atoms with Crippen molar-refractivity contribution in [2.75, 3.05) is 6.61 Å². The van der Waals surface area contributed by atoms with Crippen LogP contribution < -0.4 is 0 Å². The Morgan fingerprint density at radius 1 is 1.56 bits per heavy atom. The predicted octanol–water partition coefficient (Wildman–Crippen LogP) is 2.64. The average Bonchev–Trinajstić information content (AvgIpc) is 2.17. The van der Waals surface area contributed by atoms with Gasteiger partial charge in [0.25, 0.3) is 6.43 Å². The van der Waals surface area contributed by atoms with Crippen molar-refractivity contribution in [2.45, 2.75) is 20.3 Å². The van der Waals surface area contributed by atoms with Gasteiger partial charge in [0.15, 0.2) is 0 Å². The fraction of sp³-hybridized carbons (Fsp3) is 0.400. The van der Waals surface area contributed by atoms with Crippen molar-refractivity contribution in [3.63, 3.8) is 0 Å². The summed E-state index contributed by atoms with van der Waals surface area (Å²) in [6.45, 7) is 2.82. The van der Waals surface area contributed by atoms with Gasteiger partial charge >= 0.3 is 5.97 Å². The molecule has 0 fully saturated rings. The molecule has 0 aliphatic heterocycles. The van der Waals surface area contributed by atoms with Crippen molar-refractivity contribution < 1.29 is 22.7 Å². The molecule has 0 bridgehead atoms. The molecule has 0 aliphatic carbocycles. The Bertz CT molecular complexity index is 407. The second-order valence-corrected chi connectivity index (χ2v) is 3.01. The summed E-state index contributed by atoms with van der Waals surface area (Å²) in [5, 5.41) is 0. The first-order chi connectivity index (χ1) is 7.49. The van der Waals surface area contributed by atoms with Gasteiger partial charge in [-0.1, -0.05) is 0 Å². The van der Waals surface area contributed by atoms with E-state index in [0.29, 0.717) is 0 Å². The summed E-state index contributed by atoms with van der Waals surface area (Å²) in [5.41, 5.74) is -1.56. The SMILES string of the molecule is CCOC(=O)c1cnc(C)c(C(F)F)c1F. The van der Waals surface area contributed by atoms with E-state index in [9.17, 15) is 18.0 Å². The largest absolute Gasteiger partial charge is 0.462 e. The summed E-state index contributed by atoms with van der Waals surface area (Å²) in [7, 11) is 0. The molecule has 0 saturated carbocycles. The second-order valence-electron chi connectivity index (χ2n) is 3.01. The number of carbonyl (C=O) groups is 1. The summed E-state index contributed by atoms with van der Waals surface area (Å²) in [5.74, 6) is -2.25. The number of pyridine rings is 1. The fourth-order valence-electron chi connectivity index (χ4n) is 1.20. The van der Waals surface area contributed by atoms with Crippen LogP contribution in [0.15, 0.2) is 6.20 Å².